The third-order valence-electron chi connectivity index (χ3n) is 2.80. The number of carbonyl (C=O) groups is 1. The van der Waals surface area contributed by atoms with Crippen molar-refractivity contribution in [3.8, 4) is 0 Å². The minimum absolute atomic E-state index is 0.174. The lowest BCUT2D eigenvalue weighted by molar-refractivity contribution is 0.100. The Morgan fingerprint density at radius 1 is 1.21 bits per heavy atom. The maximum atomic E-state index is 11.5. The van der Waals surface area contributed by atoms with Gasteiger partial charge in [-0.1, -0.05) is 26.8 Å². The molecule has 0 aliphatic carbocycles. The third kappa shape index (κ3) is 4.47. The Kier molecular flexibility index (Phi) is 4.13. The fourth-order valence-electron chi connectivity index (χ4n) is 2.62. The Hall–Kier alpha value is -1.71. The van der Waals surface area contributed by atoms with Gasteiger partial charge in [0.15, 0.2) is 0 Å². The second kappa shape index (κ2) is 5.11. The Labute approximate surface area is 115 Å². The highest BCUT2D eigenvalue weighted by Gasteiger charge is 2.27. The number of nitrogens with one attached hydrogen (secondary N) is 1. The van der Waals surface area contributed by atoms with Crippen LogP contribution in [-0.4, -0.2) is 11.4 Å². The minimum Gasteiger partial charge on any atom is -0.397 e. The van der Waals surface area contributed by atoms with Crippen LogP contribution in [0, 0.1) is 5.41 Å². The lowest BCUT2D eigenvalue weighted by atomic mass is 9.81. The van der Waals surface area contributed by atoms with Crippen molar-refractivity contribution in [1.29, 1.82) is 0 Å². The third-order valence-corrected chi connectivity index (χ3v) is 2.80. The van der Waals surface area contributed by atoms with Gasteiger partial charge >= 0.3 is 0 Å². The van der Waals surface area contributed by atoms with Crippen molar-refractivity contribution < 1.29 is 4.79 Å². The number of benzene rings is 1. The van der Waals surface area contributed by atoms with E-state index < -0.39 is 5.91 Å². The molecule has 0 aliphatic heterocycles. The molecule has 1 amide bonds. The van der Waals surface area contributed by atoms with Crippen molar-refractivity contribution in [2.45, 2.75) is 46.6 Å². The predicted octanol–water partition coefficient (Wildman–Crippen LogP) is 2.99. The number of nitrogen functional groups attached to an aromatic ring is 1. The topological polar surface area (TPSA) is 81.1 Å². The molecule has 106 valence electrons. The lowest BCUT2D eigenvalue weighted by Gasteiger charge is -2.35. The van der Waals surface area contributed by atoms with E-state index in [0.29, 0.717) is 16.9 Å². The van der Waals surface area contributed by atoms with Gasteiger partial charge in [-0.2, -0.15) is 0 Å². The number of nitrogens with two attached hydrogens (primary N) is 2. The van der Waals surface area contributed by atoms with E-state index in [4.69, 9.17) is 11.5 Å². The number of carbonyl (C=O) groups excluding carboxylic acids is 1. The van der Waals surface area contributed by atoms with E-state index in [1.54, 1.807) is 18.2 Å². The van der Waals surface area contributed by atoms with Gasteiger partial charge in [-0.3, -0.25) is 4.79 Å². The molecule has 0 saturated carbocycles. The number of anilines is 2. The number of primary amides is 1. The summed E-state index contributed by atoms with van der Waals surface area (Å²) in [6, 6.07) is 5.19. The van der Waals surface area contributed by atoms with Crippen molar-refractivity contribution in [3.05, 3.63) is 23.8 Å². The van der Waals surface area contributed by atoms with Crippen LogP contribution in [0.4, 0.5) is 11.4 Å². The van der Waals surface area contributed by atoms with Crippen LogP contribution >= 0.6 is 0 Å². The molecule has 4 nitrogen and oxygen atoms in total. The molecule has 0 aliphatic rings. The zero-order valence-electron chi connectivity index (χ0n) is 12.5. The van der Waals surface area contributed by atoms with Gasteiger partial charge in [0.2, 0.25) is 0 Å². The number of para-hydroxylation sites is 1. The average molecular weight is 263 g/mol. The molecular formula is C15H25N3O. The van der Waals surface area contributed by atoms with Crippen LogP contribution in [0.3, 0.4) is 0 Å². The quantitative estimate of drug-likeness (QED) is 0.730. The highest BCUT2D eigenvalue weighted by atomic mass is 16.1. The lowest BCUT2D eigenvalue weighted by Crippen LogP contribution is -2.36. The van der Waals surface area contributed by atoms with E-state index in [2.05, 4.69) is 39.9 Å². The van der Waals surface area contributed by atoms with Gasteiger partial charge in [-0.05, 0) is 37.8 Å². The van der Waals surface area contributed by atoms with Crippen LogP contribution in [0.5, 0.6) is 0 Å². The van der Waals surface area contributed by atoms with Gasteiger partial charge in [-0.25, -0.2) is 0 Å². The summed E-state index contributed by atoms with van der Waals surface area (Å²) in [5, 5.41) is 3.37. The molecule has 0 fully saturated rings. The summed E-state index contributed by atoms with van der Waals surface area (Å²) in [5.41, 5.74) is 12.9. The Morgan fingerprint density at radius 2 is 1.79 bits per heavy atom. The van der Waals surface area contributed by atoms with Crippen molar-refractivity contribution in [3.63, 3.8) is 0 Å². The average Bonchev–Trinajstić information content (AvgIpc) is 2.16. The van der Waals surface area contributed by atoms with Gasteiger partial charge < -0.3 is 16.8 Å². The number of hydrogen-bond donors (Lipinski definition) is 3. The molecule has 0 radical (unpaired) electrons. The van der Waals surface area contributed by atoms with E-state index in [1.807, 2.05) is 0 Å². The van der Waals surface area contributed by atoms with E-state index in [-0.39, 0.29) is 11.0 Å². The molecule has 0 spiro atoms. The molecule has 1 rings (SSSR count). The summed E-state index contributed by atoms with van der Waals surface area (Å²) in [6.07, 6.45) is 0.937. The highest BCUT2D eigenvalue weighted by Crippen LogP contribution is 2.33. The summed E-state index contributed by atoms with van der Waals surface area (Å²) in [7, 11) is 0. The summed E-state index contributed by atoms with van der Waals surface area (Å²) in [6.45, 7) is 10.7. The fraction of sp³-hybridized carbons (Fsp3) is 0.533. The zero-order valence-corrected chi connectivity index (χ0v) is 12.5. The number of amides is 1. The SMILES string of the molecule is CC(C)(C)CC(C)(C)Nc1c(N)cccc1C(N)=O. The predicted molar refractivity (Wildman–Crippen MR) is 81.1 cm³/mol. The van der Waals surface area contributed by atoms with Gasteiger partial charge in [0.25, 0.3) is 5.91 Å². The van der Waals surface area contributed by atoms with Crippen LogP contribution < -0.4 is 16.8 Å². The summed E-state index contributed by atoms with van der Waals surface area (Å²) in [4.78, 5) is 11.5. The first-order chi connectivity index (χ1) is 8.52. The molecule has 0 heterocycles. The minimum atomic E-state index is -0.471. The Balaban J connectivity index is 3.08. The van der Waals surface area contributed by atoms with Crippen LogP contribution in [0.1, 0.15) is 51.4 Å². The summed E-state index contributed by atoms with van der Waals surface area (Å²) in [5.74, 6) is -0.471. The van der Waals surface area contributed by atoms with Crippen LogP contribution in [0.25, 0.3) is 0 Å². The Morgan fingerprint density at radius 3 is 2.26 bits per heavy atom. The van der Waals surface area contributed by atoms with Gasteiger partial charge in [0.05, 0.1) is 16.9 Å². The maximum absolute atomic E-state index is 11.5. The molecule has 19 heavy (non-hydrogen) atoms. The van der Waals surface area contributed by atoms with Crippen LogP contribution in [-0.2, 0) is 0 Å². The molecular weight excluding hydrogens is 238 g/mol. The van der Waals surface area contributed by atoms with Crippen molar-refractivity contribution >= 4 is 17.3 Å². The van der Waals surface area contributed by atoms with E-state index in [1.165, 1.54) is 0 Å². The molecule has 1 aromatic carbocycles. The first-order valence-corrected chi connectivity index (χ1v) is 6.48. The fourth-order valence-corrected chi connectivity index (χ4v) is 2.62. The first kappa shape index (κ1) is 15.3. The second-order valence-corrected chi connectivity index (χ2v) is 6.88. The van der Waals surface area contributed by atoms with Crippen LogP contribution in [0.15, 0.2) is 18.2 Å². The van der Waals surface area contributed by atoms with Crippen molar-refractivity contribution in [2.75, 3.05) is 11.1 Å². The molecule has 0 saturated heterocycles. The summed E-state index contributed by atoms with van der Waals surface area (Å²) < 4.78 is 0. The normalized spacial score (nSPS) is 12.3. The maximum Gasteiger partial charge on any atom is 0.250 e. The number of rotatable bonds is 4. The monoisotopic (exact) mass is 263 g/mol. The van der Waals surface area contributed by atoms with Gasteiger partial charge in [0.1, 0.15) is 0 Å². The highest BCUT2D eigenvalue weighted by molar-refractivity contribution is 6.01. The standard InChI is InChI=1S/C15H25N3O/c1-14(2,3)9-15(4,5)18-12-10(13(17)19)7-6-8-11(12)16/h6-8,18H,9,16H2,1-5H3,(H2,17,19). The largest absolute Gasteiger partial charge is 0.397 e. The van der Waals surface area contributed by atoms with Gasteiger partial charge in [0, 0.05) is 5.54 Å². The summed E-state index contributed by atoms with van der Waals surface area (Å²) >= 11 is 0. The van der Waals surface area contributed by atoms with Crippen LogP contribution in [0.2, 0.25) is 0 Å². The molecule has 0 atom stereocenters. The second-order valence-electron chi connectivity index (χ2n) is 6.88. The van der Waals surface area contributed by atoms with E-state index in [0.717, 1.165) is 6.42 Å². The van der Waals surface area contributed by atoms with Gasteiger partial charge in [-0.15, -0.1) is 0 Å². The van der Waals surface area contributed by atoms with E-state index in [9.17, 15) is 4.79 Å². The van der Waals surface area contributed by atoms with Crippen molar-refractivity contribution in [2.24, 2.45) is 11.1 Å². The molecule has 5 N–H and O–H groups in total. The molecule has 4 heteroatoms. The van der Waals surface area contributed by atoms with E-state index >= 15 is 0 Å². The molecule has 1 aromatic rings. The molecule has 0 unspecified atom stereocenters. The van der Waals surface area contributed by atoms with Crippen molar-refractivity contribution in [1.82, 2.24) is 0 Å². The molecule has 0 bridgehead atoms. The smallest absolute Gasteiger partial charge is 0.250 e. The number of hydrogen-bond acceptors (Lipinski definition) is 3. The Bertz CT molecular complexity index is 473. The molecule has 0 aromatic heterocycles. The zero-order chi connectivity index (χ0) is 14.8. The first-order valence-electron chi connectivity index (χ1n) is 6.48.